The maximum atomic E-state index is 12.3. The number of allylic oxidation sites excluding steroid dienone is 1. The molecule has 2 heterocycles. The maximum absolute atomic E-state index is 12.3. The SMILES string of the molecule is CCCc1nc2c(C(=O)OC)cccc2n1Cc1ccc2c(c1)COc1ccccc1C2=C(C)C#N. The van der Waals surface area contributed by atoms with E-state index in [4.69, 9.17) is 14.5 Å². The van der Waals surface area contributed by atoms with Gasteiger partial charge in [-0.1, -0.05) is 43.3 Å². The van der Waals surface area contributed by atoms with Crippen LogP contribution in [0, 0.1) is 11.3 Å². The van der Waals surface area contributed by atoms with Crippen molar-refractivity contribution >= 4 is 22.6 Å². The van der Waals surface area contributed by atoms with Gasteiger partial charge in [0.2, 0.25) is 0 Å². The molecule has 6 heteroatoms. The number of ether oxygens (including phenoxy) is 2. The van der Waals surface area contributed by atoms with Gasteiger partial charge in [-0.2, -0.15) is 5.26 Å². The summed E-state index contributed by atoms with van der Waals surface area (Å²) < 4.78 is 13.3. The van der Waals surface area contributed by atoms with E-state index in [1.807, 2.05) is 43.3 Å². The van der Waals surface area contributed by atoms with E-state index in [1.165, 1.54) is 7.11 Å². The average Bonchev–Trinajstić information content (AvgIpc) is 3.15. The number of aromatic nitrogens is 2. The monoisotopic (exact) mass is 477 g/mol. The number of carbonyl (C=O) groups excluding carboxylic acids is 1. The number of para-hydroxylation sites is 2. The van der Waals surface area contributed by atoms with Crippen molar-refractivity contribution in [2.75, 3.05) is 7.11 Å². The predicted molar refractivity (Wildman–Crippen MR) is 139 cm³/mol. The summed E-state index contributed by atoms with van der Waals surface area (Å²) in [4.78, 5) is 17.2. The number of hydrogen-bond acceptors (Lipinski definition) is 5. The number of carbonyl (C=O) groups is 1. The Morgan fingerprint density at radius 1 is 1.14 bits per heavy atom. The first-order valence-corrected chi connectivity index (χ1v) is 12.1. The highest BCUT2D eigenvalue weighted by molar-refractivity contribution is 6.02. The molecule has 1 aliphatic rings. The van der Waals surface area contributed by atoms with Crippen molar-refractivity contribution in [2.45, 2.75) is 39.8 Å². The maximum Gasteiger partial charge on any atom is 0.340 e. The van der Waals surface area contributed by atoms with Crippen LogP contribution < -0.4 is 4.74 Å². The molecule has 5 rings (SSSR count). The first kappa shape index (κ1) is 23.4. The fourth-order valence-electron chi connectivity index (χ4n) is 4.91. The molecule has 1 aromatic heterocycles. The lowest BCUT2D eigenvalue weighted by molar-refractivity contribution is 0.0603. The van der Waals surface area contributed by atoms with Gasteiger partial charge in [0.1, 0.15) is 23.7 Å². The number of rotatable bonds is 5. The summed E-state index contributed by atoms with van der Waals surface area (Å²) in [5, 5.41) is 9.72. The Balaban J connectivity index is 1.60. The lowest BCUT2D eigenvalue weighted by atomic mass is 9.90. The molecule has 180 valence electrons. The minimum atomic E-state index is -0.387. The zero-order valence-electron chi connectivity index (χ0n) is 20.7. The molecular formula is C30H27N3O3. The molecule has 6 nitrogen and oxygen atoms in total. The molecule has 3 aromatic carbocycles. The van der Waals surface area contributed by atoms with E-state index in [0.717, 1.165) is 57.8 Å². The Labute approximate surface area is 210 Å². The van der Waals surface area contributed by atoms with E-state index in [9.17, 15) is 10.1 Å². The Hall–Kier alpha value is -4.37. The Morgan fingerprint density at radius 3 is 2.75 bits per heavy atom. The van der Waals surface area contributed by atoms with Crippen LogP contribution in [0.4, 0.5) is 0 Å². The number of nitriles is 1. The van der Waals surface area contributed by atoms with Gasteiger partial charge < -0.3 is 14.0 Å². The second-order valence-electron chi connectivity index (χ2n) is 8.92. The van der Waals surface area contributed by atoms with Crippen LogP contribution in [0.2, 0.25) is 0 Å². The third-order valence-electron chi connectivity index (χ3n) is 6.60. The van der Waals surface area contributed by atoms with Crippen LogP contribution in [-0.4, -0.2) is 22.6 Å². The lowest BCUT2D eigenvalue weighted by Crippen LogP contribution is -2.07. The summed E-state index contributed by atoms with van der Waals surface area (Å²) in [6, 6.07) is 22.1. The quantitative estimate of drug-likeness (QED) is 0.258. The van der Waals surface area contributed by atoms with Gasteiger partial charge in [-0.15, -0.1) is 0 Å². The molecule has 4 aromatic rings. The van der Waals surface area contributed by atoms with Crippen molar-refractivity contribution in [3.05, 3.63) is 99.9 Å². The number of benzene rings is 3. The summed E-state index contributed by atoms with van der Waals surface area (Å²) >= 11 is 0. The van der Waals surface area contributed by atoms with E-state index in [2.05, 4.69) is 35.8 Å². The molecule has 1 aliphatic heterocycles. The van der Waals surface area contributed by atoms with Crippen molar-refractivity contribution in [2.24, 2.45) is 0 Å². The number of nitrogens with zero attached hydrogens (tertiary/aromatic N) is 3. The molecule has 0 aliphatic carbocycles. The minimum absolute atomic E-state index is 0.387. The van der Waals surface area contributed by atoms with E-state index in [1.54, 1.807) is 6.07 Å². The smallest absolute Gasteiger partial charge is 0.340 e. The van der Waals surface area contributed by atoms with E-state index < -0.39 is 0 Å². The molecule has 0 saturated heterocycles. The number of methoxy groups -OCH3 is 1. The van der Waals surface area contributed by atoms with E-state index in [0.29, 0.717) is 29.8 Å². The second kappa shape index (κ2) is 9.71. The molecule has 0 N–H and O–H groups in total. The Kier molecular flexibility index (Phi) is 6.30. The number of fused-ring (bicyclic) bond motifs is 3. The predicted octanol–water partition coefficient (Wildman–Crippen LogP) is 6.06. The van der Waals surface area contributed by atoms with Gasteiger partial charge in [0.05, 0.1) is 24.3 Å². The van der Waals surface area contributed by atoms with Crippen molar-refractivity contribution in [3.63, 3.8) is 0 Å². The fraction of sp³-hybridized carbons (Fsp3) is 0.233. The molecule has 36 heavy (non-hydrogen) atoms. The molecule has 0 radical (unpaired) electrons. The molecular weight excluding hydrogens is 450 g/mol. The Morgan fingerprint density at radius 2 is 1.97 bits per heavy atom. The van der Waals surface area contributed by atoms with Crippen LogP contribution in [0.5, 0.6) is 5.75 Å². The van der Waals surface area contributed by atoms with Crippen LogP contribution in [0.1, 0.15) is 58.7 Å². The third-order valence-corrected chi connectivity index (χ3v) is 6.60. The van der Waals surface area contributed by atoms with Crippen molar-refractivity contribution in [1.29, 1.82) is 5.26 Å². The summed E-state index contributed by atoms with van der Waals surface area (Å²) in [7, 11) is 1.39. The van der Waals surface area contributed by atoms with Crippen LogP contribution in [-0.2, 0) is 24.3 Å². The van der Waals surface area contributed by atoms with Crippen molar-refractivity contribution in [3.8, 4) is 11.8 Å². The van der Waals surface area contributed by atoms with Crippen molar-refractivity contribution < 1.29 is 14.3 Å². The number of hydrogen-bond donors (Lipinski definition) is 0. The highest BCUT2D eigenvalue weighted by atomic mass is 16.5. The first-order valence-electron chi connectivity index (χ1n) is 12.1. The van der Waals surface area contributed by atoms with Crippen LogP contribution in [0.15, 0.2) is 66.2 Å². The van der Waals surface area contributed by atoms with E-state index >= 15 is 0 Å². The third kappa shape index (κ3) is 4.03. The van der Waals surface area contributed by atoms with Gasteiger partial charge in [-0.3, -0.25) is 0 Å². The lowest BCUT2D eigenvalue weighted by Gasteiger charge is -2.14. The number of imidazole rings is 1. The summed E-state index contributed by atoms with van der Waals surface area (Å²) in [5.41, 5.74) is 7.68. The number of esters is 1. The molecule has 0 atom stereocenters. The van der Waals surface area contributed by atoms with Crippen LogP contribution in [0.25, 0.3) is 16.6 Å². The zero-order chi connectivity index (χ0) is 25.2. The topological polar surface area (TPSA) is 77.1 Å². The highest BCUT2D eigenvalue weighted by Crippen LogP contribution is 2.39. The van der Waals surface area contributed by atoms with E-state index in [-0.39, 0.29) is 5.97 Å². The number of aryl methyl sites for hydroxylation is 1. The largest absolute Gasteiger partial charge is 0.488 e. The van der Waals surface area contributed by atoms with Crippen LogP contribution in [0.3, 0.4) is 0 Å². The zero-order valence-corrected chi connectivity index (χ0v) is 20.7. The molecule has 0 fully saturated rings. The van der Waals surface area contributed by atoms with Gasteiger partial charge in [-0.25, -0.2) is 9.78 Å². The second-order valence-corrected chi connectivity index (χ2v) is 8.92. The van der Waals surface area contributed by atoms with Gasteiger partial charge in [0, 0.05) is 29.7 Å². The van der Waals surface area contributed by atoms with Gasteiger partial charge in [0.25, 0.3) is 0 Å². The Bertz CT molecular complexity index is 1560. The summed E-state index contributed by atoms with van der Waals surface area (Å²) in [6.07, 6.45) is 1.74. The normalized spacial score (nSPS) is 13.7. The fourth-order valence-corrected chi connectivity index (χ4v) is 4.91. The van der Waals surface area contributed by atoms with Gasteiger partial charge >= 0.3 is 5.97 Å². The van der Waals surface area contributed by atoms with Crippen LogP contribution >= 0.6 is 0 Å². The molecule has 0 amide bonds. The van der Waals surface area contributed by atoms with Crippen molar-refractivity contribution in [1.82, 2.24) is 9.55 Å². The standard InChI is InChI=1S/C30H27N3O3/c1-4-8-27-32-29-24(30(34)35-3)10-7-11-25(29)33(27)17-20-13-14-22-21(15-20)18-36-26-12-6-5-9-23(26)28(22)19(2)16-31/h5-7,9-15H,4,8,17-18H2,1-3H3. The summed E-state index contributed by atoms with van der Waals surface area (Å²) in [6.45, 7) is 4.99. The van der Waals surface area contributed by atoms with Gasteiger partial charge in [0.15, 0.2) is 0 Å². The molecule has 0 bridgehead atoms. The minimum Gasteiger partial charge on any atom is -0.488 e. The highest BCUT2D eigenvalue weighted by Gasteiger charge is 2.22. The first-order chi connectivity index (χ1) is 17.5. The van der Waals surface area contributed by atoms with Gasteiger partial charge in [-0.05, 0) is 54.3 Å². The summed E-state index contributed by atoms with van der Waals surface area (Å²) in [5.74, 6) is 1.33. The molecule has 0 spiro atoms. The average molecular weight is 478 g/mol. The molecule has 0 unspecified atom stereocenters. The molecule has 0 saturated carbocycles.